The Hall–Kier alpha value is 0.120. The van der Waals surface area contributed by atoms with Crippen LogP contribution in [-0.2, 0) is 9.53 Å². The van der Waals surface area contributed by atoms with Crippen molar-refractivity contribution in [3.05, 3.63) is 0 Å². The standard InChI is InChI=1S/C15H24INO3/c1-13(19)6-10-4-3-5-15(7-10,9-13)20-12(18)14(2,16)11-8-17-11/h10-11,17,19H,3-9H2,1-2H3. The molecule has 0 aromatic rings. The summed E-state index contributed by atoms with van der Waals surface area (Å²) < 4.78 is 5.51. The number of carbonyl (C=O) groups excluding carboxylic acids is 1. The second kappa shape index (κ2) is 4.81. The summed E-state index contributed by atoms with van der Waals surface area (Å²) in [5.41, 5.74) is -1.12. The third kappa shape index (κ3) is 2.86. The maximum atomic E-state index is 12.6. The van der Waals surface area contributed by atoms with Crippen molar-refractivity contribution in [2.45, 2.75) is 73.0 Å². The number of aliphatic hydroxyl groups is 1. The van der Waals surface area contributed by atoms with Gasteiger partial charge in [-0.1, -0.05) is 29.0 Å². The van der Waals surface area contributed by atoms with Crippen LogP contribution in [-0.4, -0.2) is 38.3 Å². The van der Waals surface area contributed by atoms with Crippen LogP contribution in [0.5, 0.6) is 0 Å². The number of hydrogen-bond acceptors (Lipinski definition) is 4. The lowest BCUT2D eigenvalue weighted by Crippen LogP contribution is -2.54. The van der Waals surface area contributed by atoms with Gasteiger partial charge in [-0.25, -0.2) is 0 Å². The molecule has 2 saturated carbocycles. The first-order valence-corrected chi connectivity index (χ1v) is 8.69. The zero-order chi connectivity index (χ0) is 14.6. The highest BCUT2D eigenvalue weighted by atomic mass is 127. The van der Waals surface area contributed by atoms with Gasteiger partial charge in [-0.15, -0.1) is 0 Å². The van der Waals surface area contributed by atoms with Gasteiger partial charge in [-0.2, -0.15) is 0 Å². The number of nitrogens with one attached hydrogen (secondary N) is 1. The zero-order valence-electron chi connectivity index (χ0n) is 12.2. The molecule has 5 atom stereocenters. The van der Waals surface area contributed by atoms with E-state index in [0.717, 1.165) is 38.6 Å². The summed E-state index contributed by atoms with van der Waals surface area (Å²) in [6, 6.07) is 0.232. The van der Waals surface area contributed by atoms with Crippen molar-refractivity contribution < 1.29 is 14.6 Å². The summed E-state index contributed by atoms with van der Waals surface area (Å²) in [4.78, 5) is 12.6. The Morgan fingerprint density at radius 2 is 2.20 bits per heavy atom. The van der Waals surface area contributed by atoms with Crippen LogP contribution in [0, 0.1) is 5.92 Å². The molecule has 0 aromatic heterocycles. The van der Waals surface area contributed by atoms with E-state index in [1.807, 2.05) is 13.8 Å². The van der Waals surface area contributed by atoms with Crippen LogP contribution in [0.2, 0.25) is 0 Å². The molecule has 0 spiro atoms. The number of esters is 1. The van der Waals surface area contributed by atoms with Gasteiger partial charge in [-0.3, -0.25) is 4.79 Å². The van der Waals surface area contributed by atoms with Crippen LogP contribution in [0.3, 0.4) is 0 Å². The van der Waals surface area contributed by atoms with E-state index in [4.69, 9.17) is 4.74 Å². The number of halogens is 1. The van der Waals surface area contributed by atoms with Crippen molar-refractivity contribution in [2.75, 3.05) is 6.54 Å². The molecule has 20 heavy (non-hydrogen) atoms. The first-order chi connectivity index (χ1) is 9.23. The summed E-state index contributed by atoms with van der Waals surface area (Å²) >= 11 is 2.21. The molecule has 5 heteroatoms. The molecule has 0 radical (unpaired) electrons. The summed E-state index contributed by atoms with van der Waals surface area (Å²) in [6.07, 6.45) is 5.52. The Labute approximate surface area is 134 Å². The lowest BCUT2D eigenvalue weighted by Gasteiger charge is -2.50. The van der Waals surface area contributed by atoms with Gasteiger partial charge < -0.3 is 15.2 Å². The number of carbonyl (C=O) groups is 1. The average molecular weight is 393 g/mol. The highest BCUT2D eigenvalue weighted by Crippen LogP contribution is 2.49. The topological polar surface area (TPSA) is 68.5 Å². The first-order valence-electron chi connectivity index (χ1n) is 7.61. The summed E-state index contributed by atoms with van der Waals surface area (Å²) in [5, 5.41) is 13.7. The van der Waals surface area contributed by atoms with Crippen LogP contribution in [0.1, 0.15) is 52.4 Å². The van der Waals surface area contributed by atoms with Crippen molar-refractivity contribution in [1.29, 1.82) is 0 Å². The smallest absolute Gasteiger partial charge is 0.323 e. The maximum Gasteiger partial charge on any atom is 0.323 e. The molecule has 3 aliphatic rings. The minimum atomic E-state index is -0.691. The Morgan fingerprint density at radius 1 is 1.50 bits per heavy atom. The van der Waals surface area contributed by atoms with Gasteiger partial charge in [0.1, 0.15) is 9.02 Å². The summed E-state index contributed by atoms with van der Waals surface area (Å²) in [7, 11) is 0. The number of rotatable bonds is 3. The van der Waals surface area contributed by atoms with Crippen molar-refractivity contribution in [3.63, 3.8) is 0 Å². The van der Waals surface area contributed by atoms with Crippen LogP contribution in [0.4, 0.5) is 0 Å². The maximum absolute atomic E-state index is 12.6. The van der Waals surface area contributed by atoms with Crippen molar-refractivity contribution in [2.24, 2.45) is 5.92 Å². The minimum absolute atomic E-state index is 0.119. The van der Waals surface area contributed by atoms with Gasteiger partial charge in [0.2, 0.25) is 0 Å². The Morgan fingerprint density at radius 3 is 2.85 bits per heavy atom. The lowest BCUT2D eigenvalue weighted by molar-refractivity contribution is -0.187. The highest BCUT2D eigenvalue weighted by molar-refractivity contribution is 14.1. The molecule has 114 valence electrons. The summed E-state index contributed by atoms with van der Waals surface area (Å²) in [5.74, 6) is 0.381. The van der Waals surface area contributed by atoms with Crippen LogP contribution >= 0.6 is 22.6 Å². The van der Waals surface area contributed by atoms with Crippen LogP contribution < -0.4 is 5.32 Å². The van der Waals surface area contributed by atoms with Crippen molar-refractivity contribution in [1.82, 2.24) is 5.32 Å². The fraction of sp³-hybridized carbons (Fsp3) is 0.933. The summed E-state index contributed by atoms with van der Waals surface area (Å²) in [6.45, 7) is 4.72. The van der Waals surface area contributed by atoms with Crippen LogP contribution in [0.25, 0.3) is 0 Å². The third-order valence-electron chi connectivity index (χ3n) is 5.11. The van der Waals surface area contributed by atoms with Gasteiger partial charge in [-0.05, 0) is 45.4 Å². The molecule has 3 fully saturated rings. The Bertz CT molecular complexity index is 419. The van der Waals surface area contributed by atoms with Gasteiger partial charge in [0.05, 0.1) is 5.60 Å². The van der Waals surface area contributed by atoms with Gasteiger partial charge in [0.25, 0.3) is 0 Å². The quantitative estimate of drug-likeness (QED) is 0.334. The Balaban J connectivity index is 1.75. The molecule has 2 aliphatic carbocycles. The van der Waals surface area contributed by atoms with Gasteiger partial charge >= 0.3 is 5.97 Å². The molecule has 2 N–H and O–H groups in total. The van der Waals surface area contributed by atoms with Gasteiger partial charge in [0.15, 0.2) is 0 Å². The van der Waals surface area contributed by atoms with E-state index in [1.54, 1.807) is 0 Å². The number of ether oxygens (including phenoxy) is 1. The highest BCUT2D eigenvalue weighted by Gasteiger charge is 2.53. The third-order valence-corrected chi connectivity index (χ3v) is 6.30. The predicted molar refractivity (Wildman–Crippen MR) is 84.9 cm³/mol. The number of hydrogen-bond donors (Lipinski definition) is 2. The van der Waals surface area contributed by atoms with Crippen molar-refractivity contribution >= 4 is 28.6 Å². The molecule has 0 amide bonds. The average Bonchev–Trinajstić information content (AvgIpc) is 3.09. The SMILES string of the molecule is CC1(O)CC2CCCC(OC(=O)C(C)(I)C3CN3)(C2)C1. The van der Waals surface area contributed by atoms with E-state index >= 15 is 0 Å². The van der Waals surface area contributed by atoms with E-state index in [2.05, 4.69) is 27.9 Å². The molecule has 2 bridgehead atoms. The predicted octanol–water partition coefficient (Wildman–Crippen LogP) is 2.17. The molecule has 3 rings (SSSR count). The molecule has 1 aliphatic heterocycles. The second-order valence-electron chi connectivity index (χ2n) is 7.45. The minimum Gasteiger partial charge on any atom is -0.458 e. The number of fused-ring (bicyclic) bond motifs is 2. The van der Waals surface area contributed by atoms with E-state index in [0.29, 0.717) is 12.3 Å². The van der Waals surface area contributed by atoms with E-state index in [9.17, 15) is 9.90 Å². The monoisotopic (exact) mass is 393 g/mol. The normalized spacial score (nSPS) is 46.4. The first kappa shape index (κ1) is 15.0. The zero-order valence-corrected chi connectivity index (χ0v) is 14.4. The fourth-order valence-electron chi connectivity index (χ4n) is 4.18. The van der Waals surface area contributed by atoms with Crippen molar-refractivity contribution in [3.8, 4) is 0 Å². The fourth-order valence-corrected chi connectivity index (χ4v) is 4.73. The molecular weight excluding hydrogens is 369 g/mol. The molecule has 1 heterocycles. The molecule has 1 saturated heterocycles. The van der Waals surface area contributed by atoms with Gasteiger partial charge in [0, 0.05) is 19.0 Å². The van der Waals surface area contributed by atoms with E-state index in [-0.39, 0.29) is 12.0 Å². The Kier molecular flexibility index (Phi) is 3.62. The largest absolute Gasteiger partial charge is 0.458 e. The van der Waals surface area contributed by atoms with E-state index in [1.165, 1.54) is 0 Å². The molecule has 0 aromatic carbocycles. The van der Waals surface area contributed by atoms with Crippen LogP contribution in [0.15, 0.2) is 0 Å². The molecule has 4 nitrogen and oxygen atoms in total. The second-order valence-corrected chi connectivity index (χ2v) is 9.69. The van der Waals surface area contributed by atoms with E-state index < -0.39 is 14.6 Å². The molecule has 5 unspecified atom stereocenters. The number of alkyl halides is 1. The lowest BCUT2D eigenvalue weighted by atomic mass is 9.64. The molecular formula is C15H24INO3.